The maximum Gasteiger partial charge on any atom is 0.244 e. The minimum Gasteiger partial charge on any atom is -0.239 e. The van der Waals surface area contributed by atoms with E-state index < -0.39 is 0 Å². The summed E-state index contributed by atoms with van der Waals surface area (Å²) in [7, 11) is 3.89. The molecule has 0 saturated heterocycles. The fraction of sp³-hybridized carbons (Fsp3) is 0.400. The lowest BCUT2D eigenvalue weighted by molar-refractivity contribution is -0.671. The lowest BCUT2D eigenvalue weighted by Gasteiger charge is -2.09. The molecule has 0 N–H and O–H groups in total. The van der Waals surface area contributed by atoms with Crippen molar-refractivity contribution in [2.24, 2.45) is 14.1 Å². The summed E-state index contributed by atoms with van der Waals surface area (Å²) in [5, 5.41) is 0. The first-order chi connectivity index (χ1) is 7.58. The van der Waals surface area contributed by atoms with Crippen molar-refractivity contribution in [3.63, 3.8) is 0 Å². The summed E-state index contributed by atoms with van der Waals surface area (Å²) in [4.78, 5) is 0. The van der Waals surface area contributed by atoms with Crippen molar-refractivity contribution in [2.45, 2.75) is 11.0 Å². The van der Waals surface area contributed by atoms with E-state index in [2.05, 4.69) is 0 Å². The SMILES string of the molecule is C[n+]1ccn(C(Cl)C(Cl)n2cc[n+](C)c2)c1. The third kappa shape index (κ3) is 2.23. The predicted molar refractivity (Wildman–Crippen MR) is 61.0 cm³/mol. The number of alkyl halides is 2. The molecule has 0 saturated carbocycles. The van der Waals surface area contributed by atoms with Crippen LogP contribution in [-0.2, 0) is 14.1 Å². The Bertz CT molecular complexity index is 432. The lowest BCUT2D eigenvalue weighted by Crippen LogP contribution is -2.26. The standard InChI is InChI=1S/C10H14Cl2N4/c1-13-3-5-15(7-13)9(11)10(12)16-6-4-14(2)8-16/h3-10H,1-2H3/q+2. The molecule has 2 unspecified atom stereocenters. The van der Waals surface area contributed by atoms with Crippen molar-refractivity contribution < 1.29 is 9.13 Å². The molecule has 0 aliphatic heterocycles. The van der Waals surface area contributed by atoms with Gasteiger partial charge in [-0.3, -0.25) is 0 Å². The molecule has 2 aromatic heterocycles. The summed E-state index contributed by atoms with van der Waals surface area (Å²) >= 11 is 12.6. The van der Waals surface area contributed by atoms with Gasteiger partial charge in [-0.1, -0.05) is 23.2 Å². The van der Waals surface area contributed by atoms with Gasteiger partial charge in [-0.2, -0.15) is 0 Å². The van der Waals surface area contributed by atoms with Gasteiger partial charge < -0.3 is 0 Å². The van der Waals surface area contributed by atoms with Crippen LogP contribution in [0.4, 0.5) is 0 Å². The van der Waals surface area contributed by atoms with E-state index in [1.165, 1.54) is 0 Å². The molecule has 0 fully saturated rings. The van der Waals surface area contributed by atoms with Crippen LogP contribution < -0.4 is 9.13 Å². The monoisotopic (exact) mass is 260 g/mol. The number of imidazole rings is 2. The van der Waals surface area contributed by atoms with Gasteiger partial charge >= 0.3 is 0 Å². The van der Waals surface area contributed by atoms with Crippen LogP contribution in [-0.4, -0.2) is 9.13 Å². The molecule has 0 aliphatic carbocycles. The van der Waals surface area contributed by atoms with Crippen molar-refractivity contribution in [3.05, 3.63) is 37.4 Å². The first-order valence-electron chi connectivity index (χ1n) is 4.91. The molecule has 0 spiro atoms. The molecule has 0 bridgehead atoms. The van der Waals surface area contributed by atoms with Crippen molar-refractivity contribution in [2.75, 3.05) is 0 Å². The molecule has 0 radical (unpaired) electrons. The highest BCUT2D eigenvalue weighted by Crippen LogP contribution is 2.29. The van der Waals surface area contributed by atoms with E-state index in [-0.39, 0.29) is 11.0 Å². The number of nitrogens with zero attached hydrogens (tertiary/aromatic N) is 4. The van der Waals surface area contributed by atoms with Gasteiger partial charge in [-0.15, -0.1) is 0 Å². The molecule has 2 atom stereocenters. The second-order valence-electron chi connectivity index (χ2n) is 3.80. The van der Waals surface area contributed by atoms with Crippen molar-refractivity contribution in [3.8, 4) is 0 Å². The molecule has 4 nitrogen and oxygen atoms in total. The highest BCUT2D eigenvalue weighted by atomic mass is 35.5. The predicted octanol–water partition coefficient (Wildman–Crippen LogP) is 1.11. The maximum absolute atomic E-state index is 6.30. The summed E-state index contributed by atoms with van der Waals surface area (Å²) in [5.74, 6) is 0. The average Bonchev–Trinajstić information content (AvgIpc) is 2.85. The fourth-order valence-electron chi connectivity index (χ4n) is 1.51. The minimum absolute atomic E-state index is 0.324. The van der Waals surface area contributed by atoms with Crippen molar-refractivity contribution in [1.82, 2.24) is 9.13 Å². The molecule has 0 aliphatic rings. The number of halogens is 2. The van der Waals surface area contributed by atoms with Crippen LogP contribution in [0.1, 0.15) is 11.0 Å². The Morgan fingerprint density at radius 3 is 1.50 bits per heavy atom. The van der Waals surface area contributed by atoms with Crippen LogP contribution in [0.3, 0.4) is 0 Å². The Hall–Kier alpha value is -1.00. The van der Waals surface area contributed by atoms with Crippen LogP contribution in [0.2, 0.25) is 0 Å². The lowest BCUT2D eigenvalue weighted by atomic mass is 10.5. The largest absolute Gasteiger partial charge is 0.244 e. The summed E-state index contributed by atoms with van der Waals surface area (Å²) in [6.07, 6.45) is 11.4. The van der Waals surface area contributed by atoms with Gasteiger partial charge in [-0.05, 0) is 0 Å². The Morgan fingerprint density at radius 1 is 0.875 bits per heavy atom. The number of aryl methyl sites for hydroxylation is 2. The quantitative estimate of drug-likeness (QED) is 0.582. The van der Waals surface area contributed by atoms with E-state index in [0.717, 1.165) is 0 Å². The van der Waals surface area contributed by atoms with Gasteiger partial charge in [0.05, 0.1) is 14.1 Å². The van der Waals surface area contributed by atoms with Gasteiger partial charge in [0.1, 0.15) is 24.8 Å². The Labute approximate surface area is 104 Å². The second-order valence-corrected chi connectivity index (χ2v) is 4.69. The van der Waals surface area contributed by atoms with E-state index in [9.17, 15) is 0 Å². The molecule has 2 heterocycles. The van der Waals surface area contributed by atoms with Gasteiger partial charge in [-0.25, -0.2) is 18.3 Å². The zero-order chi connectivity index (χ0) is 11.7. The zero-order valence-corrected chi connectivity index (χ0v) is 10.7. The van der Waals surface area contributed by atoms with Gasteiger partial charge in [0.2, 0.25) is 23.7 Å². The minimum atomic E-state index is -0.324. The highest BCUT2D eigenvalue weighted by Gasteiger charge is 2.28. The maximum atomic E-state index is 6.30. The van der Waals surface area contributed by atoms with Gasteiger partial charge in [0.25, 0.3) is 0 Å². The van der Waals surface area contributed by atoms with Crippen molar-refractivity contribution >= 4 is 23.2 Å². The topological polar surface area (TPSA) is 17.6 Å². The molecule has 2 aromatic rings. The molecular weight excluding hydrogens is 247 g/mol. The normalized spacial score (nSPS) is 15.0. The van der Waals surface area contributed by atoms with Crippen LogP contribution in [0.5, 0.6) is 0 Å². The van der Waals surface area contributed by atoms with Gasteiger partial charge in [0.15, 0.2) is 0 Å². The van der Waals surface area contributed by atoms with E-state index >= 15 is 0 Å². The third-order valence-electron chi connectivity index (χ3n) is 2.38. The smallest absolute Gasteiger partial charge is 0.239 e. The first kappa shape index (κ1) is 11.5. The van der Waals surface area contributed by atoms with Crippen LogP contribution in [0, 0.1) is 0 Å². The molecule has 0 aromatic carbocycles. The summed E-state index contributed by atoms with van der Waals surface area (Å²) in [6.45, 7) is 0. The summed E-state index contributed by atoms with van der Waals surface area (Å²) < 4.78 is 7.60. The van der Waals surface area contributed by atoms with Crippen LogP contribution >= 0.6 is 23.2 Å². The Balaban J connectivity index is 2.19. The Morgan fingerprint density at radius 2 is 1.25 bits per heavy atom. The molecule has 0 amide bonds. The Kier molecular flexibility index (Phi) is 3.21. The zero-order valence-electron chi connectivity index (χ0n) is 9.16. The van der Waals surface area contributed by atoms with Crippen LogP contribution in [0.25, 0.3) is 0 Å². The summed E-state index contributed by atoms with van der Waals surface area (Å²) in [6, 6.07) is 0. The van der Waals surface area contributed by atoms with E-state index in [1.54, 1.807) is 0 Å². The van der Waals surface area contributed by atoms with E-state index in [4.69, 9.17) is 23.2 Å². The van der Waals surface area contributed by atoms with E-state index in [0.29, 0.717) is 0 Å². The summed E-state index contributed by atoms with van der Waals surface area (Å²) in [5.41, 5.74) is -0.648. The number of rotatable bonds is 3. The number of hydrogen-bond acceptors (Lipinski definition) is 0. The molecular formula is C10H14Cl2N4+2. The van der Waals surface area contributed by atoms with Crippen LogP contribution in [0.15, 0.2) is 37.4 Å². The molecule has 6 heteroatoms. The van der Waals surface area contributed by atoms with E-state index in [1.807, 2.05) is 69.8 Å². The molecule has 2 rings (SSSR count). The average molecular weight is 261 g/mol. The fourth-order valence-corrected chi connectivity index (χ4v) is 2.01. The number of hydrogen-bond donors (Lipinski definition) is 0. The third-order valence-corrected chi connectivity index (χ3v) is 3.43. The second kappa shape index (κ2) is 4.47. The first-order valence-corrected chi connectivity index (χ1v) is 5.79. The highest BCUT2D eigenvalue weighted by molar-refractivity contribution is 6.27. The molecule has 86 valence electrons. The van der Waals surface area contributed by atoms with Crippen molar-refractivity contribution in [1.29, 1.82) is 0 Å². The van der Waals surface area contributed by atoms with Gasteiger partial charge in [0, 0.05) is 0 Å². The molecule has 16 heavy (non-hydrogen) atoms. The number of aromatic nitrogens is 4.